The van der Waals surface area contributed by atoms with Gasteiger partial charge in [-0.15, -0.1) is 0 Å². The summed E-state index contributed by atoms with van der Waals surface area (Å²) in [7, 11) is -2.05. The summed E-state index contributed by atoms with van der Waals surface area (Å²) in [5.74, 6) is 0.214. The van der Waals surface area contributed by atoms with Crippen molar-refractivity contribution in [2.24, 2.45) is 0 Å². The maximum absolute atomic E-state index is 12.6. The van der Waals surface area contributed by atoms with Crippen molar-refractivity contribution in [3.8, 4) is 5.75 Å². The zero-order valence-corrected chi connectivity index (χ0v) is 19.3. The topological polar surface area (TPSA) is 64.1 Å². The molecule has 1 amide bonds. The van der Waals surface area contributed by atoms with E-state index in [0.717, 1.165) is 5.56 Å². The number of nitrogens with zero attached hydrogens (tertiary/aromatic N) is 2. The molecule has 0 saturated heterocycles. The Bertz CT molecular complexity index is 883. The lowest BCUT2D eigenvalue weighted by atomic mass is 10.1. The van der Waals surface area contributed by atoms with Crippen LogP contribution in [-0.4, -0.2) is 24.2 Å². The van der Waals surface area contributed by atoms with Crippen LogP contribution in [0.15, 0.2) is 18.3 Å². The van der Waals surface area contributed by atoms with Crippen molar-refractivity contribution in [3.05, 3.63) is 44.9 Å². The number of amides is 1. The van der Waals surface area contributed by atoms with Gasteiger partial charge in [0.15, 0.2) is 0 Å². The fraction of sp³-hybridized carbons (Fsp3) is 0.389. The van der Waals surface area contributed by atoms with Gasteiger partial charge in [0.1, 0.15) is 10.9 Å². The Kier molecular flexibility index (Phi) is 6.47. The van der Waals surface area contributed by atoms with Crippen molar-refractivity contribution >= 4 is 54.7 Å². The fourth-order valence-corrected chi connectivity index (χ4v) is 3.75. The Morgan fingerprint density at radius 2 is 1.81 bits per heavy atom. The van der Waals surface area contributed by atoms with E-state index < -0.39 is 14.2 Å². The third-order valence-corrected chi connectivity index (χ3v) is 9.86. The smallest absolute Gasteiger partial charge is 0.260 e. The van der Waals surface area contributed by atoms with Crippen LogP contribution in [0.25, 0.3) is 0 Å². The highest BCUT2D eigenvalue weighted by Crippen LogP contribution is 2.40. The molecule has 9 heteroatoms. The lowest BCUT2D eigenvalue weighted by molar-refractivity contribution is 0.102. The number of aromatic nitrogens is 2. The number of benzene rings is 1. The van der Waals surface area contributed by atoms with Crippen LogP contribution in [0.5, 0.6) is 5.75 Å². The monoisotopic (exact) mass is 445 g/mol. The summed E-state index contributed by atoms with van der Waals surface area (Å²) in [4.78, 5) is 20.2. The van der Waals surface area contributed by atoms with Gasteiger partial charge in [-0.2, -0.15) is 0 Å². The Labute approximate surface area is 175 Å². The van der Waals surface area contributed by atoms with Crippen LogP contribution < -0.4 is 9.74 Å². The number of carbonyl (C=O) groups is 1. The number of nitrogens with one attached hydrogen (secondary N) is 1. The zero-order valence-electron chi connectivity index (χ0n) is 16.1. The SMILES string of the molecule is Cc1c(O[Si](C)(C)C(C)(C)C)ccc(Cl)c1NC(=O)c1cnc(Cl)nc1Cl. The van der Waals surface area contributed by atoms with Gasteiger partial charge in [-0.05, 0) is 48.8 Å². The minimum absolute atomic E-state index is 0.0319. The van der Waals surface area contributed by atoms with Crippen LogP contribution in [0.1, 0.15) is 36.7 Å². The molecule has 0 aliphatic rings. The second kappa shape index (κ2) is 7.95. The van der Waals surface area contributed by atoms with E-state index in [1.54, 1.807) is 6.07 Å². The first-order valence-corrected chi connectivity index (χ1v) is 12.3. The molecule has 0 aliphatic carbocycles. The number of hydrogen-bond acceptors (Lipinski definition) is 4. The molecule has 0 radical (unpaired) electrons. The van der Waals surface area contributed by atoms with Crippen molar-refractivity contribution in [2.45, 2.75) is 45.8 Å². The van der Waals surface area contributed by atoms with Crippen LogP contribution in [-0.2, 0) is 0 Å². The largest absolute Gasteiger partial charge is 0.543 e. The van der Waals surface area contributed by atoms with E-state index in [2.05, 4.69) is 49.1 Å². The van der Waals surface area contributed by atoms with Crippen molar-refractivity contribution in [2.75, 3.05) is 5.32 Å². The molecule has 2 rings (SSSR count). The van der Waals surface area contributed by atoms with E-state index in [4.69, 9.17) is 39.2 Å². The van der Waals surface area contributed by atoms with Crippen LogP contribution in [0.4, 0.5) is 5.69 Å². The molecule has 5 nitrogen and oxygen atoms in total. The molecule has 0 spiro atoms. The predicted molar refractivity (Wildman–Crippen MR) is 114 cm³/mol. The normalized spacial score (nSPS) is 12.0. The van der Waals surface area contributed by atoms with Crippen molar-refractivity contribution in [1.29, 1.82) is 0 Å². The minimum Gasteiger partial charge on any atom is -0.543 e. The number of anilines is 1. The van der Waals surface area contributed by atoms with Gasteiger partial charge in [0.2, 0.25) is 13.6 Å². The van der Waals surface area contributed by atoms with Gasteiger partial charge in [0, 0.05) is 11.8 Å². The maximum Gasteiger partial charge on any atom is 0.260 e. The van der Waals surface area contributed by atoms with Crippen molar-refractivity contribution in [1.82, 2.24) is 9.97 Å². The lowest BCUT2D eigenvalue weighted by Gasteiger charge is -2.37. The van der Waals surface area contributed by atoms with Crippen LogP contribution in [0.3, 0.4) is 0 Å². The first kappa shape index (κ1) is 22.0. The molecule has 1 heterocycles. The average molecular weight is 447 g/mol. The van der Waals surface area contributed by atoms with E-state index in [1.165, 1.54) is 6.20 Å². The predicted octanol–water partition coefficient (Wildman–Crippen LogP) is 6.38. The van der Waals surface area contributed by atoms with Gasteiger partial charge in [-0.25, -0.2) is 9.97 Å². The molecule has 0 atom stereocenters. The second-order valence-corrected chi connectivity index (χ2v) is 13.5. The van der Waals surface area contributed by atoms with Crippen LogP contribution in [0, 0.1) is 6.92 Å². The van der Waals surface area contributed by atoms with E-state index in [-0.39, 0.29) is 21.0 Å². The van der Waals surface area contributed by atoms with Gasteiger partial charge in [0.25, 0.3) is 5.91 Å². The first-order chi connectivity index (χ1) is 12.3. The highest BCUT2D eigenvalue weighted by atomic mass is 35.5. The van der Waals surface area contributed by atoms with Crippen LogP contribution in [0.2, 0.25) is 33.6 Å². The highest BCUT2D eigenvalue weighted by Gasteiger charge is 2.39. The molecule has 0 aliphatic heterocycles. The fourth-order valence-electron chi connectivity index (χ4n) is 2.03. The van der Waals surface area contributed by atoms with Gasteiger partial charge >= 0.3 is 0 Å². The number of carbonyl (C=O) groups excluding carboxylic acids is 1. The van der Waals surface area contributed by atoms with Crippen LogP contribution >= 0.6 is 34.8 Å². The summed E-state index contributed by atoms with van der Waals surface area (Å²) >= 11 is 18.0. The Hall–Kier alpha value is -1.34. The van der Waals surface area contributed by atoms with Crippen molar-refractivity contribution in [3.63, 3.8) is 0 Å². The second-order valence-electron chi connectivity index (χ2n) is 7.71. The number of halogens is 3. The van der Waals surface area contributed by atoms with Gasteiger partial charge < -0.3 is 9.74 Å². The summed E-state index contributed by atoms with van der Waals surface area (Å²) in [6.07, 6.45) is 1.27. The molecule has 1 aromatic carbocycles. The van der Waals surface area contributed by atoms with E-state index in [0.29, 0.717) is 16.5 Å². The zero-order chi connectivity index (χ0) is 20.6. The molecule has 0 unspecified atom stereocenters. The van der Waals surface area contributed by atoms with E-state index in [1.807, 2.05) is 13.0 Å². The third kappa shape index (κ3) is 4.93. The molecule has 1 N–H and O–H groups in total. The van der Waals surface area contributed by atoms with Crippen molar-refractivity contribution < 1.29 is 9.22 Å². The minimum atomic E-state index is -2.05. The Morgan fingerprint density at radius 1 is 1.19 bits per heavy atom. The molecule has 146 valence electrons. The lowest BCUT2D eigenvalue weighted by Crippen LogP contribution is -2.44. The summed E-state index contributed by atoms with van der Waals surface area (Å²) < 4.78 is 6.38. The number of rotatable bonds is 4. The molecule has 0 bridgehead atoms. The standard InChI is InChI=1S/C18H22Cl3N3O2Si/c1-10-13(26-27(5,6)18(2,3)4)8-7-12(19)14(10)23-16(25)11-9-22-17(21)24-15(11)20/h7-9H,1-6H3,(H,23,25). The molecule has 2 aromatic rings. The average Bonchev–Trinajstić information content (AvgIpc) is 2.52. The Balaban J connectivity index is 2.36. The first-order valence-electron chi connectivity index (χ1n) is 8.31. The molecule has 0 saturated carbocycles. The summed E-state index contributed by atoms with van der Waals surface area (Å²) in [6, 6.07) is 3.53. The summed E-state index contributed by atoms with van der Waals surface area (Å²) in [6.45, 7) is 12.7. The third-order valence-electron chi connectivity index (χ3n) is 4.73. The Morgan fingerprint density at radius 3 is 2.37 bits per heavy atom. The summed E-state index contributed by atoms with van der Waals surface area (Å²) in [5.41, 5.74) is 1.31. The molecular weight excluding hydrogens is 425 g/mol. The molecule has 27 heavy (non-hydrogen) atoms. The van der Waals surface area contributed by atoms with E-state index in [9.17, 15) is 4.79 Å². The van der Waals surface area contributed by atoms with Gasteiger partial charge in [0.05, 0.1) is 16.3 Å². The van der Waals surface area contributed by atoms with E-state index >= 15 is 0 Å². The molecule has 1 aromatic heterocycles. The maximum atomic E-state index is 12.6. The van der Waals surface area contributed by atoms with Gasteiger partial charge in [-0.1, -0.05) is 44.0 Å². The highest BCUT2D eigenvalue weighted by molar-refractivity contribution is 6.74. The quantitative estimate of drug-likeness (QED) is 0.336. The molecular formula is C18H22Cl3N3O2Si. The molecule has 0 fully saturated rings. The summed E-state index contributed by atoms with van der Waals surface area (Å²) in [5, 5.41) is 3.15. The number of hydrogen-bond donors (Lipinski definition) is 1. The van der Waals surface area contributed by atoms with Gasteiger partial charge in [-0.3, -0.25) is 4.79 Å².